The number of fused-ring (bicyclic) bond motifs is 4. The first-order valence-corrected chi connectivity index (χ1v) is 7.12. The van der Waals surface area contributed by atoms with Gasteiger partial charge in [0.2, 0.25) is 0 Å². The summed E-state index contributed by atoms with van der Waals surface area (Å²) in [5.41, 5.74) is 3.07. The van der Waals surface area contributed by atoms with Crippen LogP contribution < -0.4 is 0 Å². The van der Waals surface area contributed by atoms with Crippen LogP contribution in [0.1, 0.15) is 38.3 Å². The number of benzene rings is 1. The topological polar surface area (TPSA) is 23.5 Å². The maximum atomic E-state index is 9.77. The Morgan fingerprint density at radius 3 is 2.94 bits per heavy atom. The molecule has 0 spiro atoms. The highest BCUT2D eigenvalue weighted by molar-refractivity contribution is 5.44. The summed E-state index contributed by atoms with van der Waals surface area (Å²) in [5, 5.41) is 9.77. The van der Waals surface area contributed by atoms with Gasteiger partial charge in [-0.05, 0) is 60.5 Å². The summed E-state index contributed by atoms with van der Waals surface area (Å²) in [6.45, 7) is 9.38. The molecule has 0 unspecified atom stereocenters. The number of nitrogens with zero attached hydrogens (tertiary/aromatic N) is 1. The monoisotopic (exact) mass is 245 g/mol. The van der Waals surface area contributed by atoms with Crippen LogP contribution in [0, 0.1) is 5.92 Å². The van der Waals surface area contributed by atoms with Crippen LogP contribution in [-0.2, 0) is 11.8 Å². The van der Waals surface area contributed by atoms with E-state index >= 15 is 0 Å². The molecule has 2 aliphatic rings. The zero-order chi connectivity index (χ0) is 12.9. The van der Waals surface area contributed by atoms with Crippen molar-refractivity contribution in [1.29, 1.82) is 0 Å². The van der Waals surface area contributed by atoms with Crippen molar-refractivity contribution in [3.63, 3.8) is 0 Å². The molecule has 1 aromatic rings. The molecule has 2 bridgehead atoms. The number of hydrogen-bond donors (Lipinski definition) is 1. The summed E-state index contributed by atoms with van der Waals surface area (Å²) in [4.78, 5) is 2.63. The zero-order valence-corrected chi connectivity index (χ0v) is 11.6. The second-order valence-corrected chi connectivity index (χ2v) is 6.20. The summed E-state index contributed by atoms with van der Waals surface area (Å²) >= 11 is 0. The van der Waals surface area contributed by atoms with Crippen LogP contribution in [0.2, 0.25) is 0 Å². The molecule has 0 amide bonds. The molecule has 98 valence electrons. The van der Waals surface area contributed by atoms with Gasteiger partial charge in [-0.15, -0.1) is 0 Å². The summed E-state index contributed by atoms with van der Waals surface area (Å²) in [6, 6.07) is 6.64. The Labute approximate surface area is 110 Å². The van der Waals surface area contributed by atoms with Gasteiger partial charge >= 0.3 is 0 Å². The molecule has 3 atom stereocenters. The van der Waals surface area contributed by atoms with Crippen LogP contribution in [-0.4, -0.2) is 29.1 Å². The molecule has 1 heterocycles. The Morgan fingerprint density at radius 2 is 2.22 bits per heavy atom. The third-order valence-electron chi connectivity index (χ3n) is 5.51. The van der Waals surface area contributed by atoms with Gasteiger partial charge in [0.25, 0.3) is 0 Å². The van der Waals surface area contributed by atoms with Crippen molar-refractivity contribution in [2.45, 2.75) is 45.1 Å². The van der Waals surface area contributed by atoms with E-state index in [-0.39, 0.29) is 5.41 Å². The molecule has 1 N–H and O–H groups in total. The molecular formula is C16H23NO. The van der Waals surface area contributed by atoms with Gasteiger partial charge in [0.1, 0.15) is 5.75 Å². The van der Waals surface area contributed by atoms with Crippen molar-refractivity contribution in [1.82, 2.24) is 4.90 Å². The molecule has 3 rings (SSSR count). The molecule has 0 saturated carbocycles. The SMILES string of the molecule is CCN1CC[C@]2(C)c3cc(O)ccc3C[C@@H]1[C@@H]2C. The molecule has 0 aromatic heterocycles. The molecular weight excluding hydrogens is 222 g/mol. The van der Waals surface area contributed by atoms with Gasteiger partial charge in [-0.25, -0.2) is 0 Å². The van der Waals surface area contributed by atoms with Gasteiger partial charge in [0.15, 0.2) is 0 Å². The fourth-order valence-electron chi connectivity index (χ4n) is 4.09. The number of rotatable bonds is 1. The Kier molecular flexibility index (Phi) is 2.67. The first-order valence-electron chi connectivity index (χ1n) is 7.12. The first-order chi connectivity index (χ1) is 8.56. The molecule has 1 saturated heterocycles. The predicted octanol–water partition coefficient (Wildman–Crippen LogP) is 2.94. The van der Waals surface area contributed by atoms with Crippen molar-refractivity contribution in [3.05, 3.63) is 29.3 Å². The largest absolute Gasteiger partial charge is 0.508 e. The van der Waals surface area contributed by atoms with Crippen molar-refractivity contribution in [3.8, 4) is 5.75 Å². The summed E-state index contributed by atoms with van der Waals surface area (Å²) in [6.07, 6.45) is 2.34. The minimum absolute atomic E-state index is 0.239. The zero-order valence-electron chi connectivity index (χ0n) is 11.6. The molecule has 1 fully saturated rings. The third kappa shape index (κ3) is 1.51. The average Bonchev–Trinajstić information content (AvgIpc) is 2.35. The second kappa shape index (κ2) is 3.99. The summed E-state index contributed by atoms with van der Waals surface area (Å²) in [5.74, 6) is 1.08. The third-order valence-corrected chi connectivity index (χ3v) is 5.51. The van der Waals surface area contributed by atoms with E-state index < -0.39 is 0 Å². The van der Waals surface area contributed by atoms with Crippen molar-refractivity contribution >= 4 is 0 Å². The first kappa shape index (κ1) is 12.0. The molecule has 18 heavy (non-hydrogen) atoms. The molecule has 1 aliphatic heterocycles. The molecule has 2 heteroatoms. The fourth-order valence-corrected chi connectivity index (χ4v) is 4.09. The number of piperidine rings is 1. The minimum atomic E-state index is 0.239. The van der Waals surface area contributed by atoms with Crippen molar-refractivity contribution in [2.75, 3.05) is 13.1 Å². The maximum absolute atomic E-state index is 9.77. The average molecular weight is 245 g/mol. The van der Waals surface area contributed by atoms with Gasteiger partial charge in [-0.2, -0.15) is 0 Å². The molecule has 1 aliphatic carbocycles. The quantitative estimate of drug-likeness (QED) is 0.822. The molecule has 1 aromatic carbocycles. The number of likely N-dealkylation sites (N-methyl/N-ethyl adjacent to an activating group) is 1. The number of aromatic hydroxyl groups is 1. The van der Waals surface area contributed by atoms with Crippen LogP contribution in [0.4, 0.5) is 0 Å². The highest BCUT2D eigenvalue weighted by atomic mass is 16.3. The summed E-state index contributed by atoms with van der Waals surface area (Å²) < 4.78 is 0. The highest BCUT2D eigenvalue weighted by Gasteiger charge is 2.47. The van der Waals surface area contributed by atoms with E-state index in [0.717, 1.165) is 13.0 Å². The van der Waals surface area contributed by atoms with Crippen LogP contribution in [0.3, 0.4) is 0 Å². The van der Waals surface area contributed by atoms with E-state index in [0.29, 0.717) is 17.7 Å². The Bertz CT molecular complexity index is 470. The Morgan fingerprint density at radius 1 is 1.44 bits per heavy atom. The van der Waals surface area contributed by atoms with Crippen molar-refractivity contribution < 1.29 is 5.11 Å². The minimum Gasteiger partial charge on any atom is -0.508 e. The fraction of sp³-hybridized carbons (Fsp3) is 0.625. The lowest BCUT2D eigenvalue weighted by atomic mass is 9.59. The maximum Gasteiger partial charge on any atom is 0.115 e. The van der Waals surface area contributed by atoms with Crippen LogP contribution in [0.15, 0.2) is 18.2 Å². The smallest absolute Gasteiger partial charge is 0.115 e. The number of hydrogen-bond acceptors (Lipinski definition) is 2. The Hall–Kier alpha value is -1.02. The predicted molar refractivity (Wildman–Crippen MR) is 74.0 cm³/mol. The Balaban J connectivity index is 2.11. The van der Waals surface area contributed by atoms with Gasteiger partial charge < -0.3 is 10.0 Å². The van der Waals surface area contributed by atoms with Crippen LogP contribution in [0.25, 0.3) is 0 Å². The van der Waals surface area contributed by atoms with Gasteiger partial charge in [0.05, 0.1) is 0 Å². The lowest BCUT2D eigenvalue weighted by Crippen LogP contribution is -2.57. The van der Waals surface area contributed by atoms with Gasteiger partial charge in [0, 0.05) is 6.04 Å². The van der Waals surface area contributed by atoms with E-state index in [1.165, 1.54) is 24.1 Å². The van der Waals surface area contributed by atoms with E-state index in [9.17, 15) is 5.11 Å². The van der Waals surface area contributed by atoms with E-state index in [1.807, 2.05) is 12.1 Å². The number of phenolic OH excluding ortho intramolecular Hbond substituents is 1. The van der Waals surface area contributed by atoms with E-state index in [1.54, 1.807) is 0 Å². The lowest BCUT2D eigenvalue weighted by Gasteiger charge is -2.54. The van der Waals surface area contributed by atoms with Gasteiger partial charge in [-0.3, -0.25) is 0 Å². The lowest BCUT2D eigenvalue weighted by molar-refractivity contribution is 0.0353. The number of likely N-dealkylation sites (tertiary alicyclic amines) is 1. The van der Waals surface area contributed by atoms with Crippen molar-refractivity contribution in [2.24, 2.45) is 5.92 Å². The van der Waals surface area contributed by atoms with Gasteiger partial charge in [-0.1, -0.05) is 26.8 Å². The molecule has 0 radical (unpaired) electrons. The van der Waals surface area contributed by atoms with E-state index in [4.69, 9.17) is 0 Å². The summed E-state index contributed by atoms with van der Waals surface area (Å²) in [7, 11) is 0. The molecule has 2 nitrogen and oxygen atoms in total. The van der Waals surface area contributed by atoms with E-state index in [2.05, 4.69) is 31.7 Å². The normalized spacial score (nSPS) is 35.3. The number of phenols is 1. The van der Waals surface area contributed by atoms with Crippen LogP contribution >= 0.6 is 0 Å². The van der Waals surface area contributed by atoms with Crippen LogP contribution in [0.5, 0.6) is 5.75 Å². The second-order valence-electron chi connectivity index (χ2n) is 6.20. The highest BCUT2D eigenvalue weighted by Crippen LogP contribution is 2.49. The standard InChI is InChI=1S/C16H23NO/c1-4-17-8-7-16(3)11(2)15(17)9-12-5-6-13(18)10-14(12)16/h5-6,10-11,15,18H,4,7-9H2,1-3H3/t11-,15+,16-/m0/s1.